The molecule has 0 amide bonds. The normalized spacial score (nSPS) is 13.5. The lowest BCUT2D eigenvalue weighted by Gasteiger charge is -2.16. The van der Waals surface area contributed by atoms with Crippen molar-refractivity contribution < 1.29 is 17.6 Å². The Morgan fingerprint density at radius 2 is 1.83 bits per heavy atom. The van der Waals surface area contributed by atoms with Crippen LogP contribution < -0.4 is 5.32 Å². The molecule has 30 heavy (non-hydrogen) atoms. The van der Waals surface area contributed by atoms with Crippen LogP contribution in [0.1, 0.15) is 32.6 Å². The van der Waals surface area contributed by atoms with Crippen LogP contribution in [-0.2, 0) is 0 Å². The van der Waals surface area contributed by atoms with Gasteiger partial charge in [0.2, 0.25) is 5.95 Å². The lowest BCUT2D eigenvalue weighted by molar-refractivity contribution is -0.138. The van der Waals surface area contributed by atoms with Gasteiger partial charge in [-0.05, 0) is 51.5 Å². The van der Waals surface area contributed by atoms with Crippen molar-refractivity contribution in [2.24, 2.45) is 0 Å². The Hall–Kier alpha value is -3.17. The van der Waals surface area contributed by atoms with Gasteiger partial charge in [-0.1, -0.05) is 0 Å². The predicted octanol–water partition coefficient (Wildman–Crippen LogP) is 5.14. The van der Waals surface area contributed by atoms with Crippen molar-refractivity contribution in [1.82, 2.24) is 24.1 Å². The highest BCUT2D eigenvalue weighted by molar-refractivity contribution is 5.88. The highest BCUT2D eigenvalue weighted by atomic mass is 19.4. The van der Waals surface area contributed by atoms with Crippen LogP contribution in [0.4, 0.5) is 23.5 Å². The SMILES string of the molecule is Cc1nc2c(F)cc(-c3ccn4nc(N[C@H](C)C(F)(F)F)ncc34)cc2n1C(C)C. The first-order valence-electron chi connectivity index (χ1n) is 9.42. The van der Waals surface area contributed by atoms with E-state index in [0.717, 1.165) is 12.7 Å². The molecule has 0 aliphatic heterocycles. The maximum atomic E-state index is 14.8. The lowest BCUT2D eigenvalue weighted by atomic mass is 10.1. The molecule has 1 N–H and O–H groups in total. The number of rotatable bonds is 4. The number of benzene rings is 1. The quantitative estimate of drug-likeness (QED) is 0.465. The predicted molar refractivity (Wildman–Crippen MR) is 106 cm³/mol. The second-order valence-corrected chi connectivity index (χ2v) is 7.50. The molecule has 1 aromatic carbocycles. The number of anilines is 1. The van der Waals surface area contributed by atoms with Gasteiger partial charge in [-0.3, -0.25) is 0 Å². The lowest BCUT2D eigenvalue weighted by Crippen LogP contribution is -2.33. The smallest absolute Gasteiger partial charge is 0.341 e. The van der Waals surface area contributed by atoms with Crippen LogP contribution in [0.5, 0.6) is 0 Å². The number of imidazole rings is 1. The third-order valence-corrected chi connectivity index (χ3v) is 5.01. The van der Waals surface area contributed by atoms with Crippen molar-refractivity contribution in [2.75, 3.05) is 5.32 Å². The van der Waals surface area contributed by atoms with Crippen molar-refractivity contribution in [2.45, 2.75) is 46.0 Å². The minimum atomic E-state index is -4.41. The van der Waals surface area contributed by atoms with Gasteiger partial charge in [0.1, 0.15) is 17.4 Å². The number of nitrogens with zero attached hydrogens (tertiary/aromatic N) is 5. The van der Waals surface area contributed by atoms with Crippen molar-refractivity contribution >= 4 is 22.5 Å². The number of nitrogens with one attached hydrogen (secondary N) is 1. The summed E-state index contributed by atoms with van der Waals surface area (Å²) in [5, 5.41) is 6.33. The molecule has 1 atom stereocenters. The van der Waals surface area contributed by atoms with Crippen molar-refractivity contribution in [3.8, 4) is 11.1 Å². The number of aromatic nitrogens is 5. The molecule has 3 heterocycles. The van der Waals surface area contributed by atoms with Crippen LogP contribution in [0.25, 0.3) is 27.7 Å². The van der Waals surface area contributed by atoms with Crippen LogP contribution in [-0.4, -0.2) is 36.4 Å². The fraction of sp³-hybridized carbons (Fsp3) is 0.350. The van der Waals surface area contributed by atoms with E-state index in [2.05, 4.69) is 20.4 Å². The summed E-state index contributed by atoms with van der Waals surface area (Å²) in [6.07, 6.45) is -1.39. The first-order chi connectivity index (χ1) is 14.1. The Kier molecular flexibility index (Phi) is 4.67. The summed E-state index contributed by atoms with van der Waals surface area (Å²) in [5.41, 5.74) is 2.80. The molecule has 0 aliphatic rings. The summed E-state index contributed by atoms with van der Waals surface area (Å²) in [6.45, 7) is 6.82. The van der Waals surface area contributed by atoms with Gasteiger partial charge < -0.3 is 9.88 Å². The highest BCUT2D eigenvalue weighted by Crippen LogP contribution is 2.32. The minimum Gasteiger partial charge on any atom is -0.341 e. The molecule has 0 radical (unpaired) electrons. The average molecular weight is 420 g/mol. The first kappa shape index (κ1) is 20.1. The summed E-state index contributed by atoms with van der Waals surface area (Å²) in [5.74, 6) is 0.128. The molecule has 158 valence electrons. The Bertz CT molecular complexity index is 1240. The second-order valence-electron chi connectivity index (χ2n) is 7.50. The van der Waals surface area contributed by atoms with E-state index in [1.54, 1.807) is 12.3 Å². The van der Waals surface area contributed by atoms with Crippen LogP contribution in [0.3, 0.4) is 0 Å². The number of halogens is 4. The first-order valence-corrected chi connectivity index (χ1v) is 9.42. The number of hydrogen-bond donors (Lipinski definition) is 1. The summed E-state index contributed by atoms with van der Waals surface area (Å²) >= 11 is 0. The van der Waals surface area contributed by atoms with Crippen LogP contribution in [0.2, 0.25) is 0 Å². The molecule has 0 spiro atoms. The van der Waals surface area contributed by atoms with Gasteiger partial charge in [-0.2, -0.15) is 13.2 Å². The molecular weight excluding hydrogens is 400 g/mol. The van der Waals surface area contributed by atoms with Crippen LogP contribution in [0, 0.1) is 12.7 Å². The fourth-order valence-electron chi connectivity index (χ4n) is 3.56. The Morgan fingerprint density at radius 1 is 1.10 bits per heavy atom. The topological polar surface area (TPSA) is 60.0 Å². The average Bonchev–Trinajstić information content (AvgIpc) is 3.21. The molecule has 0 fully saturated rings. The monoisotopic (exact) mass is 420 g/mol. The van der Waals surface area contributed by atoms with E-state index in [1.807, 2.05) is 31.4 Å². The van der Waals surface area contributed by atoms with E-state index in [0.29, 0.717) is 27.7 Å². The number of fused-ring (bicyclic) bond motifs is 2. The second kappa shape index (κ2) is 6.96. The zero-order chi connectivity index (χ0) is 21.8. The van der Waals surface area contributed by atoms with Crippen LogP contribution in [0.15, 0.2) is 30.6 Å². The summed E-state index contributed by atoms with van der Waals surface area (Å²) in [6, 6.07) is 3.28. The molecule has 0 saturated carbocycles. The van der Waals surface area contributed by atoms with Gasteiger partial charge >= 0.3 is 6.18 Å². The Labute approximate surface area is 169 Å². The fourth-order valence-corrected chi connectivity index (χ4v) is 3.56. The van der Waals surface area contributed by atoms with E-state index in [9.17, 15) is 17.6 Å². The molecule has 10 heteroatoms. The number of hydrogen-bond acceptors (Lipinski definition) is 4. The summed E-state index contributed by atoms with van der Waals surface area (Å²) < 4.78 is 56.4. The zero-order valence-corrected chi connectivity index (χ0v) is 16.8. The molecule has 4 rings (SSSR count). The Balaban J connectivity index is 1.78. The molecule has 6 nitrogen and oxygen atoms in total. The van der Waals surface area contributed by atoms with Crippen LogP contribution >= 0.6 is 0 Å². The highest BCUT2D eigenvalue weighted by Gasteiger charge is 2.36. The van der Waals surface area contributed by atoms with Gasteiger partial charge in [0.05, 0.1) is 17.2 Å². The van der Waals surface area contributed by atoms with Gasteiger partial charge in [-0.25, -0.2) is 18.9 Å². The molecule has 3 aromatic heterocycles. The summed E-state index contributed by atoms with van der Waals surface area (Å²) in [7, 11) is 0. The summed E-state index contributed by atoms with van der Waals surface area (Å²) in [4.78, 5) is 8.33. The molecule has 0 bridgehead atoms. The number of aryl methyl sites for hydroxylation is 1. The largest absolute Gasteiger partial charge is 0.408 e. The molecule has 0 saturated heterocycles. The van der Waals surface area contributed by atoms with Crippen molar-refractivity contribution in [3.05, 3.63) is 42.2 Å². The third kappa shape index (κ3) is 3.35. The van der Waals surface area contributed by atoms with Crippen molar-refractivity contribution in [3.63, 3.8) is 0 Å². The third-order valence-electron chi connectivity index (χ3n) is 5.01. The van der Waals surface area contributed by atoms with E-state index >= 15 is 0 Å². The van der Waals surface area contributed by atoms with E-state index in [1.165, 1.54) is 16.8 Å². The van der Waals surface area contributed by atoms with E-state index < -0.39 is 18.0 Å². The molecular formula is C20H20F4N6. The Morgan fingerprint density at radius 3 is 2.50 bits per heavy atom. The molecule has 0 aliphatic carbocycles. The number of alkyl halides is 3. The minimum absolute atomic E-state index is 0.100. The maximum Gasteiger partial charge on any atom is 0.408 e. The van der Waals surface area contributed by atoms with Crippen molar-refractivity contribution in [1.29, 1.82) is 0 Å². The molecule has 4 aromatic rings. The van der Waals surface area contributed by atoms with Gasteiger partial charge in [0, 0.05) is 17.8 Å². The van der Waals surface area contributed by atoms with E-state index in [-0.39, 0.29) is 12.0 Å². The molecule has 0 unspecified atom stereocenters. The van der Waals surface area contributed by atoms with E-state index in [4.69, 9.17) is 0 Å². The maximum absolute atomic E-state index is 14.8. The van der Waals surface area contributed by atoms with Gasteiger partial charge in [0.25, 0.3) is 0 Å². The standard InChI is InChI=1S/C20H20F4N6/c1-10(2)30-12(4)27-18-15(21)7-13(8-16(18)30)14-5-6-29-17(14)9-25-19(28-29)26-11(3)20(22,23)24/h5-11H,1-4H3,(H,26,28)/t11-/m1/s1. The van der Waals surface area contributed by atoms with Gasteiger partial charge in [-0.15, -0.1) is 5.10 Å². The van der Waals surface area contributed by atoms with Gasteiger partial charge in [0.15, 0.2) is 5.82 Å². The zero-order valence-electron chi connectivity index (χ0n) is 16.8.